The first-order chi connectivity index (χ1) is 11.2. The van der Waals surface area contributed by atoms with Gasteiger partial charge in [-0.15, -0.1) is 0 Å². The Morgan fingerprint density at radius 2 is 1.67 bits per heavy atom. The van der Waals surface area contributed by atoms with Gasteiger partial charge in [0.1, 0.15) is 0 Å². The van der Waals surface area contributed by atoms with Crippen LogP contribution < -0.4 is 0 Å². The lowest BCUT2D eigenvalue weighted by molar-refractivity contribution is 0.0785. The summed E-state index contributed by atoms with van der Waals surface area (Å²) in [6.07, 6.45) is 2.93. The third kappa shape index (κ3) is 3.17. The normalized spacial score (nSPS) is 12.0. The molecule has 24 heavy (non-hydrogen) atoms. The van der Waals surface area contributed by atoms with Gasteiger partial charge < -0.3 is 5.11 Å². The molecule has 0 saturated heterocycles. The van der Waals surface area contributed by atoms with E-state index < -0.39 is 5.60 Å². The first-order valence-electron chi connectivity index (χ1n) is 6.87. The van der Waals surface area contributed by atoms with Crippen molar-refractivity contribution in [1.29, 1.82) is 0 Å². The average Bonchev–Trinajstić information content (AvgIpc) is 2.49. The van der Waals surface area contributed by atoms with Crippen LogP contribution in [0.3, 0.4) is 0 Å². The molecular formula is C16H11Cl4N3O. The highest BCUT2D eigenvalue weighted by atomic mass is 35.5. The monoisotopic (exact) mass is 401 g/mol. The van der Waals surface area contributed by atoms with Crippen LogP contribution in [0.4, 0.5) is 0 Å². The van der Waals surface area contributed by atoms with Crippen LogP contribution >= 0.6 is 46.4 Å². The number of fused-ring (bicyclic) bond motifs is 1. The van der Waals surface area contributed by atoms with Crippen molar-refractivity contribution >= 4 is 57.3 Å². The highest BCUT2D eigenvalue weighted by molar-refractivity contribution is 6.40. The van der Waals surface area contributed by atoms with Crippen LogP contribution in [0.2, 0.25) is 20.4 Å². The standard InChI is InChI=1S/C16H11Cl4N3O/c1-16(2,24)9-5-21-14-8(12(9)19)3-7(4-10(14)17)13-11(18)6-22-15(20)23-13/h3-6,24H,1-2H3. The van der Waals surface area contributed by atoms with Gasteiger partial charge in [-0.2, -0.15) is 0 Å². The van der Waals surface area contributed by atoms with Crippen molar-refractivity contribution in [2.24, 2.45) is 0 Å². The fraction of sp³-hybridized carbons (Fsp3) is 0.188. The second-order valence-corrected chi connectivity index (χ2v) is 7.27. The van der Waals surface area contributed by atoms with Gasteiger partial charge in [0, 0.05) is 22.7 Å². The number of pyridine rings is 1. The molecule has 4 nitrogen and oxygen atoms in total. The molecule has 0 unspecified atom stereocenters. The van der Waals surface area contributed by atoms with Crippen LogP contribution in [-0.2, 0) is 5.60 Å². The summed E-state index contributed by atoms with van der Waals surface area (Å²) in [7, 11) is 0. The van der Waals surface area contributed by atoms with Gasteiger partial charge in [0.2, 0.25) is 5.28 Å². The lowest BCUT2D eigenvalue weighted by Crippen LogP contribution is -2.16. The van der Waals surface area contributed by atoms with Crippen LogP contribution in [0.25, 0.3) is 22.2 Å². The van der Waals surface area contributed by atoms with E-state index in [1.807, 2.05) is 0 Å². The van der Waals surface area contributed by atoms with Crippen molar-refractivity contribution in [3.8, 4) is 11.3 Å². The maximum absolute atomic E-state index is 10.2. The molecule has 1 N–H and O–H groups in total. The second-order valence-electron chi connectivity index (χ2n) is 5.73. The van der Waals surface area contributed by atoms with Crippen LogP contribution in [-0.4, -0.2) is 20.1 Å². The molecule has 1 aromatic carbocycles. The third-order valence-corrected chi connectivity index (χ3v) is 4.66. The molecule has 0 aliphatic rings. The molecule has 0 spiro atoms. The lowest BCUT2D eigenvalue weighted by Gasteiger charge is -2.20. The maximum atomic E-state index is 10.2. The smallest absolute Gasteiger partial charge is 0.222 e. The number of benzene rings is 1. The minimum atomic E-state index is -1.14. The highest BCUT2D eigenvalue weighted by Gasteiger charge is 2.23. The van der Waals surface area contributed by atoms with Crippen LogP contribution in [0.5, 0.6) is 0 Å². The predicted octanol–water partition coefficient (Wildman–Crippen LogP) is 5.53. The van der Waals surface area contributed by atoms with Crippen molar-refractivity contribution in [1.82, 2.24) is 15.0 Å². The molecule has 0 atom stereocenters. The van der Waals surface area contributed by atoms with Gasteiger partial charge in [-0.3, -0.25) is 4.98 Å². The van der Waals surface area contributed by atoms with Crippen LogP contribution in [0, 0.1) is 0 Å². The number of halogens is 4. The summed E-state index contributed by atoms with van der Waals surface area (Å²) in [5.74, 6) is 0. The number of nitrogens with zero attached hydrogens (tertiary/aromatic N) is 3. The molecule has 0 bridgehead atoms. The minimum absolute atomic E-state index is 0.0695. The van der Waals surface area contributed by atoms with Gasteiger partial charge in [-0.05, 0) is 37.6 Å². The van der Waals surface area contributed by atoms with E-state index in [1.54, 1.807) is 26.0 Å². The fourth-order valence-corrected chi connectivity index (χ4v) is 3.37. The molecule has 0 amide bonds. The SMILES string of the molecule is CC(C)(O)c1cnc2c(Cl)cc(-c3nc(Cl)ncc3Cl)cc2c1Cl. The zero-order chi connectivity index (χ0) is 17.6. The Morgan fingerprint density at radius 1 is 0.958 bits per heavy atom. The quantitative estimate of drug-likeness (QED) is 0.572. The zero-order valence-corrected chi connectivity index (χ0v) is 15.6. The second kappa shape index (κ2) is 6.28. The largest absolute Gasteiger partial charge is 0.386 e. The molecule has 2 aromatic heterocycles. The fourth-order valence-electron chi connectivity index (χ4n) is 2.34. The van der Waals surface area contributed by atoms with Crippen LogP contribution in [0.15, 0.2) is 24.5 Å². The van der Waals surface area contributed by atoms with Crippen LogP contribution in [0.1, 0.15) is 19.4 Å². The van der Waals surface area contributed by atoms with E-state index >= 15 is 0 Å². The zero-order valence-electron chi connectivity index (χ0n) is 12.6. The van der Waals surface area contributed by atoms with Gasteiger partial charge in [-0.1, -0.05) is 34.8 Å². The summed E-state index contributed by atoms with van der Waals surface area (Å²) in [5.41, 5.74) is 0.936. The molecular weight excluding hydrogens is 392 g/mol. The van der Waals surface area contributed by atoms with E-state index in [2.05, 4.69) is 15.0 Å². The van der Waals surface area contributed by atoms with E-state index in [4.69, 9.17) is 46.4 Å². The molecule has 0 radical (unpaired) electrons. The Bertz CT molecular complexity index is 954. The summed E-state index contributed by atoms with van der Waals surface area (Å²) >= 11 is 24.8. The summed E-state index contributed by atoms with van der Waals surface area (Å²) < 4.78 is 0. The number of rotatable bonds is 2. The van der Waals surface area contributed by atoms with E-state index in [0.29, 0.717) is 42.8 Å². The Kier molecular flexibility index (Phi) is 4.62. The van der Waals surface area contributed by atoms with E-state index in [0.717, 1.165) is 0 Å². The van der Waals surface area contributed by atoms with Crippen molar-refractivity contribution in [3.05, 3.63) is 50.4 Å². The molecule has 0 fully saturated rings. The Morgan fingerprint density at radius 3 is 2.33 bits per heavy atom. The average molecular weight is 403 g/mol. The first-order valence-corrected chi connectivity index (χ1v) is 8.38. The molecule has 0 aliphatic heterocycles. The molecule has 3 rings (SSSR count). The summed E-state index contributed by atoms with van der Waals surface area (Å²) in [6.45, 7) is 3.27. The van der Waals surface area contributed by atoms with Crippen molar-refractivity contribution in [2.45, 2.75) is 19.4 Å². The van der Waals surface area contributed by atoms with Crippen molar-refractivity contribution in [3.63, 3.8) is 0 Å². The van der Waals surface area contributed by atoms with E-state index in [-0.39, 0.29) is 5.28 Å². The summed E-state index contributed by atoms with van der Waals surface area (Å²) in [5, 5.41) is 12.0. The first kappa shape index (κ1) is 17.6. The van der Waals surface area contributed by atoms with Gasteiger partial charge in [0.25, 0.3) is 0 Å². The number of hydrogen-bond donors (Lipinski definition) is 1. The topological polar surface area (TPSA) is 58.9 Å². The molecule has 0 aliphatic carbocycles. The highest BCUT2D eigenvalue weighted by Crippen LogP contribution is 2.38. The minimum Gasteiger partial charge on any atom is -0.386 e. The van der Waals surface area contributed by atoms with E-state index in [9.17, 15) is 5.11 Å². The number of aliphatic hydroxyl groups is 1. The predicted molar refractivity (Wildman–Crippen MR) is 98.1 cm³/mol. The van der Waals surface area contributed by atoms with Crippen molar-refractivity contribution in [2.75, 3.05) is 0 Å². The molecule has 2 heterocycles. The molecule has 0 saturated carbocycles. The molecule has 3 aromatic rings. The molecule has 8 heteroatoms. The van der Waals surface area contributed by atoms with E-state index in [1.165, 1.54) is 12.4 Å². The Balaban J connectivity index is 2.33. The Hall–Kier alpha value is -1.17. The lowest BCUT2D eigenvalue weighted by atomic mass is 9.97. The van der Waals surface area contributed by atoms with Gasteiger partial charge in [-0.25, -0.2) is 9.97 Å². The Labute approximate surface area is 158 Å². The molecule has 124 valence electrons. The third-order valence-electron chi connectivity index (χ3n) is 3.51. The van der Waals surface area contributed by atoms with Crippen molar-refractivity contribution < 1.29 is 5.11 Å². The summed E-state index contributed by atoms with van der Waals surface area (Å²) in [4.78, 5) is 12.3. The summed E-state index contributed by atoms with van der Waals surface area (Å²) in [6, 6.07) is 3.44. The maximum Gasteiger partial charge on any atom is 0.222 e. The van der Waals surface area contributed by atoms with Gasteiger partial charge >= 0.3 is 0 Å². The number of aromatic nitrogens is 3. The van der Waals surface area contributed by atoms with Gasteiger partial charge in [0.05, 0.1) is 38.1 Å². The van der Waals surface area contributed by atoms with Gasteiger partial charge in [0.15, 0.2) is 0 Å². The number of hydrogen-bond acceptors (Lipinski definition) is 4.